The summed E-state index contributed by atoms with van der Waals surface area (Å²) in [5.41, 5.74) is 7.46. The van der Waals surface area contributed by atoms with Crippen molar-refractivity contribution in [2.45, 2.75) is 40.7 Å². The minimum atomic E-state index is 0.259. The highest BCUT2D eigenvalue weighted by molar-refractivity contribution is 5.55. The van der Waals surface area contributed by atoms with Gasteiger partial charge in [-0.3, -0.25) is 4.68 Å². The molecule has 3 heteroatoms. The monoisotopic (exact) mass is 257 g/mol. The van der Waals surface area contributed by atoms with Gasteiger partial charge in [-0.1, -0.05) is 12.1 Å². The maximum Gasteiger partial charge on any atom is 0.0649 e. The second-order valence-electron chi connectivity index (χ2n) is 5.32. The molecular weight excluding hydrogens is 234 g/mol. The molecule has 0 aliphatic carbocycles. The summed E-state index contributed by atoms with van der Waals surface area (Å²) in [6.07, 6.45) is 0. The molecular formula is C16H23N3. The van der Waals surface area contributed by atoms with Crippen LogP contribution in [-0.4, -0.2) is 9.78 Å². The summed E-state index contributed by atoms with van der Waals surface area (Å²) in [6, 6.07) is 6.64. The molecule has 1 atom stereocenters. The molecule has 0 aliphatic heterocycles. The maximum absolute atomic E-state index is 4.49. The molecule has 1 unspecified atom stereocenters. The Kier molecular flexibility index (Phi) is 3.65. The van der Waals surface area contributed by atoms with Gasteiger partial charge in [0.2, 0.25) is 0 Å². The van der Waals surface area contributed by atoms with Crippen LogP contribution in [0.2, 0.25) is 0 Å². The average molecular weight is 257 g/mol. The van der Waals surface area contributed by atoms with Gasteiger partial charge in [0.15, 0.2) is 0 Å². The van der Waals surface area contributed by atoms with E-state index in [0.29, 0.717) is 0 Å². The zero-order valence-electron chi connectivity index (χ0n) is 12.7. The number of hydrogen-bond acceptors (Lipinski definition) is 2. The minimum absolute atomic E-state index is 0.259. The summed E-state index contributed by atoms with van der Waals surface area (Å²) < 4.78 is 1.95. The van der Waals surface area contributed by atoms with Crippen LogP contribution in [0.25, 0.3) is 0 Å². The van der Waals surface area contributed by atoms with Gasteiger partial charge in [0.05, 0.1) is 11.7 Å². The molecule has 19 heavy (non-hydrogen) atoms. The number of benzene rings is 1. The van der Waals surface area contributed by atoms with Crippen molar-refractivity contribution in [1.29, 1.82) is 0 Å². The van der Waals surface area contributed by atoms with Crippen molar-refractivity contribution in [1.82, 2.24) is 9.78 Å². The quantitative estimate of drug-likeness (QED) is 0.905. The number of nitrogens with zero attached hydrogens (tertiary/aromatic N) is 2. The number of aryl methyl sites for hydroxylation is 3. The molecule has 2 aromatic rings. The molecule has 2 rings (SSSR count). The summed E-state index contributed by atoms with van der Waals surface area (Å²) in [5, 5.41) is 8.10. The van der Waals surface area contributed by atoms with Gasteiger partial charge in [-0.05, 0) is 51.8 Å². The van der Waals surface area contributed by atoms with Crippen molar-refractivity contribution in [3.63, 3.8) is 0 Å². The van der Waals surface area contributed by atoms with Crippen LogP contribution >= 0.6 is 0 Å². The Balaban J connectivity index is 2.31. The molecule has 0 fully saturated rings. The molecule has 0 radical (unpaired) electrons. The van der Waals surface area contributed by atoms with Crippen LogP contribution < -0.4 is 5.32 Å². The Labute approximate surface area is 115 Å². The van der Waals surface area contributed by atoms with Crippen LogP contribution in [0.4, 0.5) is 5.69 Å². The number of hydrogen-bond donors (Lipinski definition) is 1. The zero-order chi connectivity index (χ0) is 14.2. The van der Waals surface area contributed by atoms with Gasteiger partial charge in [-0.2, -0.15) is 5.10 Å². The Bertz CT molecular complexity index is 596. The third kappa shape index (κ3) is 2.50. The van der Waals surface area contributed by atoms with E-state index in [4.69, 9.17) is 0 Å². The molecule has 1 aromatic carbocycles. The van der Waals surface area contributed by atoms with Gasteiger partial charge in [0, 0.05) is 24.0 Å². The fourth-order valence-electron chi connectivity index (χ4n) is 2.63. The van der Waals surface area contributed by atoms with Crippen LogP contribution in [0.5, 0.6) is 0 Å². The summed E-state index contributed by atoms with van der Waals surface area (Å²) in [7, 11) is 2.00. The van der Waals surface area contributed by atoms with E-state index in [1.165, 1.54) is 28.1 Å². The van der Waals surface area contributed by atoms with Crippen LogP contribution in [0.1, 0.15) is 41.0 Å². The standard InChI is InChI=1S/C16H23N3/c1-10-8-7-9-15(11(10)2)17-12(3)16-13(4)18-19(6)14(16)5/h7-9,12,17H,1-6H3. The number of anilines is 1. The second kappa shape index (κ2) is 5.08. The predicted molar refractivity (Wildman–Crippen MR) is 80.6 cm³/mol. The lowest BCUT2D eigenvalue weighted by Crippen LogP contribution is -2.10. The minimum Gasteiger partial charge on any atom is -0.378 e. The highest BCUT2D eigenvalue weighted by Gasteiger charge is 2.16. The lowest BCUT2D eigenvalue weighted by atomic mass is 10.0. The molecule has 3 nitrogen and oxygen atoms in total. The number of rotatable bonds is 3. The summed E-state index contributed by atoms with van der Waals surface area (Å²) in [4.78, 5) is 0. The first-order valence-corrected chi connectivity index (χ1v) is 6.74. The second-order valence-corrected chi connectivity index (χ2v) is 5.32. The molecule has 0 bridgehead atoms. The number of aromatic nitrogens is 2. The summed E-state index contributed by atoms with van der Waals surface area (Å²) in [5.74, 6) is 0. The highest BCUT2D eigenvalue weighted by Crippen LogP contribution is 2.27. The predicted octanol–water partition coefficient (Wildman–Crippen LogP) is 3.83. The van der Waals surface area contributed by atoms with E-state index in [2.05, 4.69) is 63.2 Å². The van der Waals surface area contributed by atoms with E-state index in [-0.39, 0.29) is 6.04 Å². The van der Waals surface area contributed by atoms with E-state index < -0.39 is 0 Å². The van der Waals surface area contributed by atoms with Gasteiger partial charge < -0.3 is 5.32 Å². The SMILES string of the molecule is Cc1cccc(NC(C)c2c(C)nn(C)c2C)c1C. The smallest absolute Gasteiger partial charge is 0.0649 e. The van der Waals surface area contributed by atoms with E-state index in [1.54, 1.807) is 0 Å². The topological polar surface area (TPSA) is 29.9 Å². The zero-order valence-corrected chi connectivity index (χ0v) is 12.7. The summed E-state index contributed by atoms with van der Waals surface area (Å²) in [6.45, 7) is 10.7. The molecule has 0 aliphatic rings. The van der Waals surface area contributed by atoms with Gasteiger partial charge >= 0.3 is 0 Å². The normalized spacial score (nSPS) is 12.5. The molecule has 102 valence electrons. The molecule has 0 saturated carbocycles. The Hall–Kier alpha value is -1.77. The first-order valence-electron chi connectivity index (χ1n) is 6.74. The molecule has 1 N–H and O–H groups in total. The van der Waals surface area contributed by atoms with Crippen molar-refractivity contribution in [2.24, 2.45) is 7.05 Å². The Morgan fingerprint density at radius 1 is 1.16 bits per heavy atom. The van der Waals surface area contributed by atoms with E-state index in [9.17, 15) is 0 Å². The average Bonchev–Trinajstić information content (AvgIpc) is 2.59. The van der Waals surface area contributed by atoms with Crippen LogP contribution in [0, 0.1) is 27.7 Å². The molecule has 0 amide bonds. The fourth-order valence-corrected chi connectivity index (χ4v) is 2.63. The first-order chi connectivity index (χ1) is 8.91. The summed E-state index contributed by atoms with van der Waals surface area (Å²) >= 11 is 0. The van der Waals surface area contributed by atoms with Gasteiger partial charge in [-0.15, -0.1) is 0 Å². The van der Waals surface area contributed by atoms with Crippen molar-refractivity contribution >= 4 is 5.69 Å². The van der Waals surface area contributed by atoms with Crippen molar-refractivity contribution in [3.05, 3.63) is 46.3 Å². The van der Waals surface area contributed by atoms with Gasteiger partial charge in [0.1, 0.15) is 0 Å². The van der Waals surface area contributed by atoms with Crippen molar-refractivity contribution in [2.75, 3.05) is 5.32 Å². The van der Waals surface area contributed by atoms with Crippen molar-refractivity contribution < 1.29 is 0 Å². The largest absolute Gasteiger partial charge is 0.378 e. The fraction of sp³-hybridized carbons (Fsp3) is 0.438. The lowest BCUT2D eigenvalue weighted by molar-refractivity contribution is 0.728. The number of nitrogens with one attached hydrogen (secondary N) is 1. The van der Waals surface area contributed by atoms with Crippen LogP contribution in [-0.2, 0) is 7.05 Å². The molecule has 0 spiro atoms. The molecule has 0 saturated heterocycles. The van der Waals surface area contributed by atoms with Crippen molar-refractivity contribution in [3.8, 4) is 0 Å². The van der Waals surface area contributed by atoms with Gasteiger partial charge in [-0.25, -0.2) is 0 Å². The highest BCUT2D eigenvalue weighted by atomic mass is 15.3. The lowest BCUT2D eigenvalue weighted by Gasteiger charge is -2.18. The van der Waals surface area contributed by atoms with Crippen LogP contribution in [0.3, 0.4) is 0 Å². The third-order valence-corrected chi connectivity index (χ3v) is 3.97. The Morgan fingerprint density at radius 2 is 1.84 bits per heavy atom. The maximum atomic E-state index is 4.49. The van der Waals surface area contributed by atoms with E-state index >= 15 is 0 Å². The van der Waals surface area contributed by atoms with Crippen LogP contribution in [0.15, 0.2) is 18.2 Å². The van der Waals surface area contributed by atoms with Gasteiger partial charge in [0.25, 0.3) is 0 Å². The first kappa shape index (κ1) is 13.7. The third-order valence-electron chi connectivity index (χ3n) is 3.97. The van der Waals surface area contributed by atoms with E-state index in [0.717, 1.165) is 5.69 Å². The Morgan fingerprint density at radius 3 is 2.42 bits per heavy atom. The molecule has 1 heterocycles. The molecule has 1 aromatic heterocycles. The van der Waals surface area contributed by atoms with E-state index in [1.807, 2.05) is 11.7 Å².